The first-order valence-corrected chi connectivity index (χ1v) is 11.6. The van der Waals surface area contributed by atoms with Crippen LogP contribution in [0.15, 0.2) is 24.0 Å². The highest BCUT2D eigenvalue weighted by atomic mass is 16.7. The van der Waals surface area contributed by atoms with Crippen molar-refractivity contribution in [3.05, 3.63) is 24.0 Å². The molecule has 3 atom stereocenters. The number of methoxy groups -OCH3 is 1. The summed E-state index contributed by atoms with van der Waals surface area (Å²) in [7, 11) is 1.58. The van der Waals surface area contributed by atoms with E-state index in [-0.39, 0.29) is 37.5 Å². The van der Waals surface area contributed by atoms with Crippen LogP contribution >= 0.6 is 0 Å². The van der Waals surface area contributed by atoms with Crippen LogP contribution in [0.3, 0.4) is 0 Å². The average molecular weight is 467 g/mol. The zero-order chi connectivity index (χ0) is 24.2. The molecule has 0 saturated carbocycles. The molecular formula is C24H38N2O7. The number of likely N-dealkylation sites (tertiary alicyclic amines) is 1. The van der Waals surface area contributed by atoms with Crippen LogP contribution in [0.2, 0.25) is 0 Å². The van der Waals surface area contributed by atoms with Gasteiger partial charge in [-0.1, -0.05) is 19.9 Å². The first kappa shape index (κ1) is 25.5. The SMILES string of the molecule is COC1=CC(C(=O)N(OCC2COCO2)C2CCCN(C(=O)OC(C)(C)C)C2)C(C)(C)C=C1. The average Bonchev–Trinajstić information content (AvgIpc) is 3.26. The van der Waals surface area contributed by atoms with Crippen molar-refractivity contribution in [1.82, 2.24) is 9.96 Å². The normalized spacial score (nSPS) is 27.2. The second kappa shape index (κ2) is 10.4. The Morgan fingerprint density at radius 1 is 1.30 bits per heavy atom. The summed E-state index contributed by atoms with van der Waals surface area (Å²) >= 11 is 0. The van der Waals surface area contributed by atoms with Gasteiger partial charge in [-0.15, -0.1) is 0 Å². The number of hydrogen-bond donors (Lipinski definition) is 0. The highest BCUT2D eigenvalue weighted by Crippen LogP contribution is 2.37. The van der Waals surface area contributed by atoms with E-state index in [4.69, 9.17) is 23.8 Å². The number of carbonyl (C=O) groups is 2. The number of ether oxygens (including phenoxy) is 4. The lowest BCUT2D eigenvalue weighted by Gasteiger charge is -2.42. The number of hydroxylamine groups is 2. The first-order chi connectivity index (χ1) is 15.5. The number of hydrogen-bond acceptors (Lipinski definition) is 7. The summed E-state index contributed by atoms with van der Waals surface area (Å²) in [4.78, 5) is 34.3. The zero-order valence-electron chi connectivity index (χ0n) is 20.7. The molecule has 186 valence electrons. The van der Waals surface area contributed by atoms with Crippen LogP contribution in [0.25, 0.3) is 0 Å². The van der Waals surface area contributed by atoms with Gasteiger partial charge >= 0.3 is 6.09 Å². The summed E-state index contributed by atoms with van der Waals surface area (Å²) in [5.74, 6) is -0.0110. The number of rotatable bonds is 6. The van der Waals surface area contributed by atoms with E-state index in [0.29, 0.717) is 25.5 Å². The van der Waals surface area contributed by atoms with E-state index in [1.165, 1.54) is 5.06 Å². The predicted octanol–water partition coefficient (Wildman–Crippen LogP) is 3.26. The third kappa shape index (κ3) is 6.71. The Morgan fingerprint density at radius 2 is 2.06 bits per heavy atom. The van der Waals surface area contributed by atoms with Gasteiger partial charge in [-0.3, -0.25) is 9.63 Å². The smallest absolute Gasteiger partial charge is 0.410 e. The van der Waals surface area contributed by atoms with Crippen molar-refractivity contribution in [2.24, 2.45) is 11.3 Å². The van der Waals surface area contributed by atoms with Crippen molar-refractivity contribution in [1.29, 1.82) is 0 Å². The molecule has 0 N–H and O–H groups in total. The van der Waals surface area contributed by atoms with Gasteiger partial charge in [0.15, 0.2) is 0 Å². The summed E-state index contributed by atoms with van der Waals surface area (Å²) in [5, 5.41) is 1.45. The molecule has 2 heterocycles. The summed E-state index contributed by atoms with van der Waals surface area (Å²) in [6.45, 7) is 11.3. The van der Waals surface area contributed by atoms with Crippen molar-refractivity contribution >= 4 is 12.0 Å². The molecule has 0 bridgehead atoms. The van der Waals surface area contributed by atoms with Crippen LogP contribution in [-0.4, -0.2) is 79.9 Å². The van der Waals surface area contributed by atoms with Gasteiger partial charge in [0.05, 0.1) is 25.7 Å². The van der Waals surface area contributed by atoms with Crippen LogP contribution in [0, 0.1) is 11.3 Å². The largest absolute Gasteiger partial charge is 0.497 e. The minimum atomic E-state index is -0.588. The number of carbonyl (C=O) groups excluding carboxylic acids is 2. The fraction of sp³-hybridized carbons (Fsp3) is 0.750. The summed E-state index contributed by atoms with van der Waals surface area (Å²) < 4.78 is 21.7. The number of nitrogens with zero attached hydrogens (tertiary/aromatic N) is 2. The molecule has 2 amide bonds. The van der Waals surface area contributed by atoms with Crippen LogP contribution in [-0.2, 0) is 28.6 Å². The monoisotopic (exact) mass is 466 g/mol. The molecule has 1 aliphatic carbocycles. The maximum atomic E-state index is 13.8. The minimum absolute atomic E-state index is 0.172. The van der Waals surface area contributed by atoms with Gasteiger partial charge in [-0.05, 0) is 51.2 Å². The Labute approximate surface area is 196 Å². The lowest BCUT2D eigenvalue weighted by molar-refractivity contribution is -0.218. The highest BCUT2D eigenvalue weighted by Gasteiger charge is 2.42. The molecule has 0 aromatic carbocycles. The van der Waals surface area contributed by atoms with E-state index >= 15 is 0 Å². The van der Waals surface area contributed by atoms with Gasteiger partial charge in [-0.2, -0.15) is 0 Å². The quantitative estimate of drug-likeness (QED) is 0.555. The predicted molar refractivity (Wildman–Crippen MR) is 121 cm³/mol. The van der Waals surface area contributed by atoms with Crippen LogP contribution < -0.4 is 0 Å². The van der Waals surface area contributed by atoms with Crippen LogP contribution in [0.5, 0.6) is 0 Å². The third-order valence-electron chi connectivity index (χ3n) is 6.00. The zero-order valence-corrected chi connectivity index (χ0v) is 20.7. The fourth-order valence-electron chi connectivity index (χ4n) is 4.12. The Kier molecular flexibility index (Phi) is 8.08. The maximum absolute atomic E-state index is 13.8. The maximum Gasteiger partial charge on any atom is 0.410 e. The molecular weight excluding hydrogens is 428 g/mol. The number of amides is 2. The first-order valence-electron chi connectivity index (χ1n) is 11.6. The molecule has 3 unspecified atom stereocenters. The van der Waals surface area contributed by atoms with E-state index in [1.807, 2.05) is 52.8 Å². The van der Waals surface area contributed by atoms with Gasteiger partial charge < -0.3 is 23.8 Å². The molecule has 0 spiro atoms. The molecule has 33 heavy (non-hydrogen) atoms. The molecule has 0 radical (unpaired) electrons. The van der Waals surface area contributed by atoms with Crippen molar-refractivity contribution in [2.75, 3.05) is 40.2 Å². The van der Waals surface area contributed by atoms with Gasteiger partial charge in [0.2, 0.25) is 0 Å². The van der Waals surface area contributed by atoms with Crippen LogP contribution in [0.1, 0.15) is 47.5 Å². The van der Waals surface area contributed by atoms with E-state index in [0.717, 1.165) is 12.8 Å². The Hall–Kier alpha value is -2.10. The molecule has 3 aliphatic rings. The number of piperidine rings is 1. The third-order valence-corrected chi connectivity index (χ3v) is 6.00. The Morgan fingerprint density at radius 3 is 2.70 bits per heavy atom. The minimum Gasteiger partial charge on any atom is -0.497 e. The molecule has 2 saturated heterocycles. The highest BCUT2D eigenvalue weighted by molar-refractivity contribution is 5.82. The molecule has 2 aliphatic heterocycles. The van der Waals surface area contributed by atoms with Crippen LogP contribution in [0.4, 0.5) is 4.79 Å². The van der Waals surface area contributed by atoms with E-state index < -0.39 is 16.9 Å². The molecule has 2 fully saturated rings. The summed E-state index contributed by atoms with van der Waals surface area (Å²) in [5.41, 5.74) is -1.01. The molecule has 9 heteroatoms. The Balaban J connectivity index is 1.79. The lowest BCUT2D eigenvalue weighted by atomic mass is 9.75. The second-order valence-corrected chi connectivity index (χ2v) is 10.4. The molecule has 0 aromatic heterocycles. The molecule has 9 nitrogen and oxygen atoms in total. The standard InChI is InChI=1S/C24H38N2O7/c1-23(2,3)33-22(28)25-11-7-8-17(13-25)26(32-15-19-14-30-16-31-19)21(27)20-12-18(29-6)9-10-24(20,4)5/h9-10,12,17,19-20H,7-8,11,13-16H2,1-6H3. The molecule has 3 rings (SSSR count). The topological polar surface area (TPSA) is 86.8 Å². The van der Waals surface area contributed by atoms with Gasteiger partial charge in [-0.25, -0.2) is 9.86 Å². The second-order valence-electron chi connectivity index (χ2n) is 10.4. The van der Waals surface area contributed by atoms with Crippen molar-refractivity contribution in [3.63, 3.8) is 0 Å². The fourth-order valence-corrected chi connectivity index (χ4v) is 4.12. The molecule has 0 aromatic rings. The van der Waals surface area contributed by atoms with Gasteiger partial charge in [0, 0.05) is 13.1 Å². The van der Waals surface area contributed by atoms with E-state index in [2.05, 4.69) is 0 Å². The lowest BCUT2D eigenvalue weighted by Crippen LogP contribution is -2.55. The number of allylic oxidation sites excluding steroid dienone is 2. The van der Waals surface area contributed by atoms with Gasteiger partial charge in [0.1, 0.15) is 30.9 Å². The van der Waals surface area contributed by atoms with E-state index in [9.17, 15) is 9.59 Å². The van der Waals surface area contributed by atoms with Gasteiger partial charge in [0.25, 0.3) is 5.91 Å². The van der Waals surface area contributed by atoms with Crippen molar-refractivity contribution in [2.45, 2.75) is 65.2 Å². The van der Waals surface area contributed by atoms with Crippen molar-refractivity contribution in [3.8, 4) is 0 Å². The van der Waals surface area contributed by atoms with E-state index in [1.54, 1.807) is 12.0 Å². The van der Waals surface area contributed by atoms with Crippen molar-refractivity contribution < 1.29 is 33.4 Å². The summed E-state index contributed by atoms with van der Waals surface area (Å²) in [6.07, 6.45) is 6.54. The Bertz CT molecular complexity index is 765. The summed E-state index contributed by atoms with van der Waals surface area (Å²) in [6, 6.07) is -0.304.